The minimum absolute atomic E-state index is 0.151. The van der Waals surface area contributed by atoms with Gasteiger partial charge in [0.25, 0.3) is 0 Å². The largest absolute Gasteiger partial charge is 0.311 e. The van der Waals surface area contributed by atoms with Crippen molar-refractivity contribution in [3.63, 3.8) is 0 Å². The van der Waals surface area contributed by atoms with Crippen molar-refractivity contribution in [1.29, 1.82) is 0 Å². The molecular weight excluding hydrogens is 214 g/mol. The van der Waals surface area contributed by atoms with Crippen molar-refractivity contribution < 1.29 is 9.59 Å². The van der Waals surface area contributed by atoms with Gasteiger partial charge in [-0.3, -0.25) is 9.59 Å². The van der Waals surface area contributed by atoms with Gasteiger partial charge < -0.3 is 4.90 Å². The Morgan fingerprint density at radius 2 is 2.00 bits per heavy atom. The molecule has 0 aromatic heterocycles. The Labute approximate surface area is 100 Å². The standard InChI is InChI=1S/C14H15NO2/c16-13-8-9-15(14(17)10-4-3-5-10)12-7-2-1-6-11(12)13/h1-2,6-7,10H,3-5,8-9H2. The van der Waals surface area contributed by atoms with Crippen molar-refractivity contribution in [2.75, 3.05) is 11.4 Å². The van der Waals surface area contributed by atoms with Crippen LogP contribution in [-0.4, -0.2) is 18.2 Å². The third kappa shape index (κ3) is 1.66. The lowest BCUT2D eigenvalue weighted by Crippen LogP contribution is -2.42. The van der Waals surface area contributed by atoms with Crippen molar-refractivity contribution in [3.8, 4) is 0 Å². The molecule has 1 aliphatic carbocycles. The Bertz CT molecular complexity index is 477. The van der Waals surface area contributed by atoms with Crippen LogP contribution in [0.25, 0.3) is 0 Å². The van der Waals surface area contributed by atoms with E-state index in [-0.39, 0.29) is 17.6 Å². The van der Waals surface area contributed by atoms with Gasteiger partial charge in [-0.15, -0.1) is 0 Å². The number of ketones is 1. The second-order valence-electron chi connectivity index (χ2n) is 4.81. The average Bonchev–Trinajstić information content (AvgIpc) is 2.27. The highest BCUT2D eigenvalue weighted by Crippen LogP contribution is 2.33. The summed E-state index contributed by atoms with van der Waals surface area (Å²) in [6, 6.07) is 7.44. The van der Waals surface area contributed by atoms with E-state index in [2.05, 4.69) is 0 Å². The zero-order chi connectivity index (χ0) is 11.8. The van der Waals surface area contributed by atoms with E-state index in [0.29, 0.717) is 18.5 Å². The SMILES string of the molecule is O=C1CCN(C(=O)C2CCC2)c2ccccc21. The first-order valence-corrected chi connectivity index (χ1v) is 6.21. The van der Waals surface area contributed by atoms with E-state index in [4.69, 9.17) is 0 Å². The van der Waals surface area contributed by atoms with Crippen molar-refractivity contribution >= 4 is 17.4 Å². The summed E-state index contributed by atoms with van der Waals surface area (Å²) in [5.74, 6) is 0.547. The van der Waals surface area contributed by atoms with Crippen LogP contribution in [0, 0.1) is 5.92 Å². The molecule has 0 saturated heterocycles. The summed E-state index contributed by atoms with van der Waals surface area (Å²) in [5.41, 5.74) is 1.51. The van der Waals surface area contributed by atoms with Gasteiger partial charge in [0.2, 0.25) is 5.91 Å². The molecule has 0 radical (unpaired) electrons. The van der Waals surface area contributed by atoms with Crippen LogP contribution in [0.4, 0.5) is 5.69 Å². The number of hydrogen-bond acceptors (Lipinski definition) is 2. The molecule has 3 heteroatoms. The smallest absolute Gasteiger partial charge is 0.230 e. The molecule has 1 aromatic rings. The number of benzene rings is 1. The molecule has 0 N–H and O–H groups in total. The average molecular weight is 229 g/mol. The minimum atomic E-state index is 0.151. The molecular formula is C14H15NO2. The number of nitrogens with zero attached hydrogens (tertiary/aromatic N) is 1. The van der Waals surface area contributed by atoms with Crippen LogP contribution >= 0.6 is 0 Å². The molecule has 0 spiro atoms. The molecule has 1 saturated carbocycles. The molecule has 3 rings (SSSR count). The third-order valence-electron chi connectivity index (χ3n) is 3.78. The lowest BCUT2D eigenvalue weighted by molar-refractivity contribution is -0.124. The van der Waals surface area contributed by atoms with E-state index in [1.165, 1.54) is 0 Å². The lowest BCUT2D eigenvalue weighted by Gasteiger charge is -2.34. The molecule has 1 amide bonds. The predicted molar refractivity (Wildman–Crippen MR) is 65.1 cm³/mol. The molecule has 0 unspecified atom stereocenters. The molecule has 1 aliphatic heterocycles. The zero-order valence-corrected chi connectivity index (χ0v) is 9.69. The van der Waals surface area contributed by atoms with Crippen LogP contribution < -0.4 is 4.90 Å². The highest BCUT2D eigenvalue weighted by molar-refractivity contribution is 6.09. The highest BCUT2D eigenvalue weighted by atomic mass is 16.2. The molecule has 88 valence electrons. The summed E-state index contributed by atoms with van der Waals surface area (Å²) < 4.78 is 0. The molecule has 0 atom stereocenters. The first kappa shape index (κ1) is 10.5. The quantitative estimate of drug-likeness (QED) is 0.741. The summed E-state index contributed by atoms with van der Waals surface area (Å²) in [5, 5.41) is 0. The van der Waals surface area contributed by atoms with Gasteiger partial charge in [0.15, 0.2) is 5.78 Å². The number of Topliss-reactive ketones (excluding diaryl/α,β-unsaturated/α-hetero) is 1. The van der Waals surface area contributed by atoms with Gasteiger partial charge in [0.05, 0.1) is 5.69 Å². The van der Waals surface area contributed by atoms with Crippen molar-refractivity contribution in [2.45, 2.75) is 25.7 Å². The van der Waals surface area contributed by atoms with Gasteiger partial charge in [-0.1, -0.05) is 18.6 Å². The van der Waals surface area contributed by atoms with Gasteiger partial charge >= 0.3 is 0 Å². The van der Waals surface area contributed by atoms with E-state index in [1.54, 1.807) is 4.90 Å². The molecule has 17 heavy (non-hydrogen) atoms. The maximum Gasteiger partial charge on any atom is 0.230 e. The number of rotatable bonds is 1. The fraction of sp³-hybridized carbons (Fsp3) is 0.429. The van der Waals surface area contributed by atoms with Crippen molar-refractivity contribution in [3.05, 3.63) is 29.8 Å². The number of carbonyl (C=O) groups excluding carboxylic acids is 2. The van der Waals surface area contributed by atoms with Gasteiger partial charge in [0, 0.05) is 24.4 Å². The van der Waals surface area contributed by atoms with Crippen LogP contribution in [-0.2, 0) is 4.79 Å². The highest BCUT2D eigenvalue weighted by Gasteiger charge is 2.33. The fourth-order valence-corrected chi connectivity index (χ4v) is 2.52. The van der Waals surface area contributed by atoms with Crippen LogP contribution in [0.2, 0.25) is 0 Å². The topological polar surface area (TPSA) is 37.4 Å². The molecule has 3 nitrogen and oxygen atoms in total. The van der Waals surface area contributed by atoms with Gasteiger partial charge in [-0.2, -0.15) is 0 Å². The van der Waals surface area contributed by atoms with Gasteiger partial charge in [-0.05, 0) is 25.0 Å². The summed E-state index contributed by atoms with van der Waals surface area (Å²) in [4.78, 5) is 25.8. The number of fused-ring (bicyclic) bond motifs is 1. The monoisotopic (exact) mass is 229 g/mol. The normalized spacial score (nSPS) is 19.8. The Morgan fingerprint density at radius 1 is 1.24 bits per heavy atom. The maximum atomic E-state index is 12.3. The van der Waals surface area contributed by atoms with Crippen LogP contribution in [0.15, 0.2) is 24.3 Å². The number of anilines is 1. The Kier molecular flexibility index (Phi) is 2.46. The second kappa shape index (κ2) is 3.99. The molecule has 1 heterocycles. The van der Waals surface area contributed by atoms with Crippen LogP contribution in [0.3, 0.4) is 0 Å². The fourth-order valence-electron chi connectivity index (χ4n) is 2.52. The lowest BCUT2D eigenvalue weighted by atomic mass is 9.83. The van der Waals surface area contributed by atoms with Crippen LogP contribution in [0.1, 0.15) is 36.0 Å². The summed E-state index contributed by atoms with van der Waals surface area (Å²) >= 11 is 0. The van der Waals surface area contributed by atoms with Gasteiger partial charge in [0.1, 0.15) is 0 Å². The zero-order valence-electron chi connectivity index (χ0n) is 9.69. The summed E-state index contributed by atoms with van der Waals surface area (Å²) in [6.07, 6.45) is 3.62. The Morgan fingerprint density at radius 3 is 2.71 bits per heavy atom. The minimum Gasteiger partial charge on any atom is -0.311 e. The Hall–Kier alpha value is -1.64. The predicted octanol–water partition coefficient (Wildman–Crippen LogP) is 2.41. The first-order valence-electron chi connectivity index (χ1n) is 6.21. The van der Waals surface area contributed by atoms with E-state index in [0.717, 1.165) is 24.9 Å². The van der Waals surface area contributed by atoms with Gasteiger partial charge in [-0.25, -0.2) is 0 Å². The summed E-state index contributed by atoms with van der Waals surface area (Å²) in [7, 11) is 0. The van der Waals surface area contributed by atoms with E-state index in [1.807, 2.05) is 24.3 Å². The molecule has 0 bridgehead atoms. The molecule has 1 fully saturated rings. The van der Waals surface area contributed by atoms with E-state index >= 15 is 0 Å². The van der Waals surface area contributed by atoms with E-state index < -0.39 is 0 Å². The van der Waals surface area contributed by atoms with Crippen LogP contribution in [0.5, 0.6) is 0 Å². The van der Waals surface area contributed by atoms with Crippen molar-refractivity contribution in [2.24, 2.45) is 5.92 Å². The maximum absolute atomic E-state index is 12.3. The van der Waals surface area contributed by atoms with E-state index in [9.17, 15) is 9.59 Å². The third-order valence-corrected chi connectivity index (χ3v) is 3.78. The molecule has 2 aliphatic rings. The number of para-hydroxylation sites is 1. The Balaban J connectivity index is 1.94. The first-order chi connectivity index (χ1) is 8.27. The summed E-state index contributed by atoms with van der Waals surface area (Å²) in [6.45, 7) is 0.547. The number of amides is 1. The molecule has 1 aromatic carbocycles. The number of carbonyl (C=O) groups is 2. The second-order valence-corrected chi connectivity index (χ2v) is 4.81. The van der Waals surface area contributed by atoms with Crippen molar-refractivity contribution in [1.82, 2.24) is 0 Å². The number of hydrogen-bond donors (Lipinski definition) is 0.